The minimum absolute atomic E-state index is 0.0260. The maximum atomic E-state index is 12.5. The van der Waals surface area contributed by atoms with Crippen LogP contribution in [0.1, 0.15) is 31.1 Å². The summed E-state index contributed by atoms with van der Waals surface area (Å²) in [5, 5.41) is 0.882. The third-order valence-corrected chi connectivity index (χ3v) is 3.83. The molecule has 2 aromatic rings. The van der Waals surface area contributed by atoms with Gasteiger partial charge in [0, 0.05) is 35.9 Å². The van der Waals surface area contributed by atoms with Crippen molar-refractivity contribution < 1.29 is 4.79 Å². The Labute approximate surface area is 113 Å². The molecule has 0 spiro atoms. The van der Waals surface area contributed by atoms with Gasteiger partial charge in [0.05, 0.1) is 5.56 Å². The molecule has 1 aromatic carbocycles. The van der Waals surface area contributed by atoms with Gasteiger partial charge in [-0.2, -0.15) is 0 Å². The first-order chi connectivity index (χ1) is 8.91. The number of anilines is 1. The Morgan fingerprint density at radius 1 is 1.32 bits per heavy atom. The largest absolute Gasteiger partial charge is 0.399 e. The number of aromatic amines is 1. The molecule has 0 aliphatic heterocycles. The second-order valence-electron chi connectivity index (χ2n) is 5.41. The number of aromatic nitrogens is 1. The van der Waals surface area contributed by atoms with E-state index in [1.54, 1.807) is 11.1 Å². The van der Waals surface area contributed by atoms with E-state index in [4.69, 9.17) is 5.73 Å². The summed E-state index contributed by atoms with van der Waals surface area (Å²) in [4.78, 5) is 17.4. The molecule has 1 aromatic heterocycles. The average Bonchev–Trinajstić information content (AvgIpc) is 2.78. The zero-order valence-corrected chi connectivity index (χ0v) is 11.9. The zero-order valence-electron chi connectivity index (χ0n) is 11.9. The van der Waals surface area contributed by atoms with Crippen molar-refractivity contribution in [3.63, 3.8) is 0 Å². The molecule has 0 aliphatic carbocycles. The highest BCUT2D eigenvalue weighted by Crippen LogP contribution is 2.23. The van der Waals surface area contributed by atoms with Crippen molar-refractivity contribution in [1.82, 2.24) is 9.88 Å². The monoisotopic (exact) mass is 259 g/mol. The van der Waals surface area contributed by atoms with Crippen molar-refractivity contribution in [2.24, 2.45) is 5.92 Å². The van der Waals surface area contributed by atoms with Gasteiger partial charge in [0.2, 0.25) is 0 Å². The molecule has 3 N–H and O–H groups in total. The average molecular weight is 259 g/mol. The summed E-state index contributed by atoms with van der Waals surface area (Å²) in [5.41, 5.74) is 8.08. The number of rotatable bonds is 3. The number of benzene rings is 1. The normalized spacial score (nSPS) is 12.9. The van der Waals surface area contributed by atoms with E-state index in [9.17, 15) is 4.79 Å². The molecular weight excluding hydrogens is 238 g/mol. The molecule has 1 amide bonds. The van der Waals surface area contributed by atoms with Crippen molar-refractivity contribution in [2.45, 2.75) is 26.8 Å². The second kappa shape index (κ2) is 4.96. The Kier molecular flexibility index (Phi) is 3.51. The number of carbonyl (C=O) groups is 1. The van der Waals surface area contributed by atoms with Crippen LogP contribution in [0.25, 0.3) is 10.9 Å². The molecule has 19 heavy (non-hydrogen) atoms. The van der Waals surface area contributed by atoms with Gasteiger partial charge >= 0.3 is 0 Å². The highest BCUT2D eigenvalue weighted by molar-refractivity contribution is 6.07. The summed E-state index contributed by atoms with van der Waals surface area (Å²) in [6, 6.07) is 5.76. The summed E-state index contributed by atoms with van der Waals surface area (Å²) in [5.74, 6) is 0.447. The fourth-order valence-electron chi connectivity index (χ4n) is 2.14. The molecule has 4 heteroatoms. The Morgan fingerprint density at radius 2 is 2.00 bits per heavy atom. The molecule has 1 unspecified atom stereocenters. The number of nitrogens with zero attached hydrogens (tertiary/aromatic N) is 1. The van der Waals surface area contributed by atoms with Crippen LogP contribution in [0.2, 0.25) is 0 Å². The summed E-state index contributed by atoms with van der Waals surface area (Å²) < 4.78 is 0. The molecule has 0 fully saturated rings. The van der Waals surface area contributed by atoms with E-state index in [0.29, 0.717) is 17.2 Å². The van der Waals surface area contributed by atoms with Gasteiger partial charge in [0.15, 0.2) is 0 Å². The van der Waals surface area contributed by atoms with Crippen molar-refractivity contribution in [3.8, 4) is 0 Å². The van der Waals surface area contributed by atoms with Gasteiger partial charge < -0.3 is 15.6 Å². The van der Waals surface area contributed by atoms with Gasteiger partial charge in [-0.3, -0.25) is 4.79 Å². The number of nitrogens with one attached hydrogen (secondary N) is 1. The fraction of sp³-hybridized carbons (Fsp3) is 0.400. The molecular formula is C15H21N3O. The minimum atomic E-state index is 0.0260. The van der Waals surface area contributed by atoms with Crippen LogP contribution >= 0.6 is 0 Å². The number of nitrogen functional groups attached to an aromatic ring is 1. The van der Waals surface area contributed by atoms with Gasteiger partial charge in [-0.1, -0.05) is 13.8 Å². The molecule has 4 nitrogen and oxygen atoms in total. The summed E-state index contributed by atoms with van der Waals surface area (Å²) in [6.45, 7) is 6.29. The van der Waals surface area contributed by atoms with Crippen molar-refractivity contribution in [3.05, 3.63) is 30.0 Å². The van der Waals surface area contributed by atoms with Crippen LogP contribution in [-0.4, -0.2) is 28.9 Å². The number of hydrogen-bond acceptors (Lipinski definition) is 2. The summed E-state index contributed by atoms with van der Waals surface area (Å²) >= 11 is 0. The molecule has 2 rings (SSSR count). The van der Waals surface area contributed by atoms with Gasteiger partial charge in [0.25, 0.3) is 5.91 Å². The number of carbonyl (C=O) groups excluding carboxylic acids is 1. The van der Waals surface area contributed by atoms with Gasteiger partial charge in [0.1, 0.15) is 0 Å². The molecule has 0 aliphatic rings. The quantitative estimate of drug-likeness (QED) is 0.833. The first kappa shape index (κ1) is 13.5. The number of amides is 1. The lowest BCUT2D eigenvalue weighted by atomic mass is 10.0. The standard InChI is InChI=1S/C15H21N3O/c1-9(2)10(3)18(4)15(19)13-8-17-14-6-5-11(16)7-12(13)14/h5-10,17H,16H2,1-4H3. The maximum absolute atomic E-state index is 12.5. The van der Waals surface area contributed by atoms with Crippen LogP contribution in [0.15, 0.2) is 24.4 Å². The predicted molar refractivity (Wildman–Crippen MR) is 79.1 cm³/mol. The summed E-state index contributed by atoms with van der Waals surface area (Å²) in [6.07, 6.45) is 1.76. The van der Waals surface area contributed by atoms with E-state index < -0.39 is 0 Å². The summed E-state index contributed by atoms with van der Waals surface area (Å²) in [7, 11) is 1.85. The van der Waals surface area contributed by atoms with Gasteiger partial charge in [-0.05, 0) is 31.0 Å². The van der Waals surface area contributed by atoms with Crippen LogP contribution in [0.3, 0.4) is 0 Å². The SMILES string of the molecule is CC(C)C(C)N(C)C(=O)c1c[nH]c2ccc(N)cc12. The van der Waals surface area contributed by atoms with E-state index in [1.165, 1.54) is 0 Å². The molecule has 0 bridgehead atoms. The van der Waals surface area contributed by atoms with Crippen molar-refractivity contribution in [1.29, 1.82) is 0 Å². The first-order valence-electron chi connectivity index (χ1n) is 6.55. The number of H-pyrrole nitrogens is 1. The van der Waals surface area contributed by atoms with Crippen LogP contribution in [0.4, 0.5) is 5.69 Å². The van der Waals surface area contributed by atoms with Gasteiger partial charge in [-0.25, -0.2) is 0 Å². The zero-order chi connectivity index (χ0) is 14.2. The Morgan fingerprint density at radius 3 is 2.63 bits per heavy atom. The Balaban J connectivity index is 2.39. The highest BCUT2D eigenvalue weighted by Gasteiger charge is 2.22. The van der Waals surface area contributed by atoms with Crippen LogP contribution in [-0.2, 0) is 0 Å². The number of fused-ring (bicyclic) bond motifs is 1. The predicted octanol–water partition coefficient (Wildman–Crippen LogP) is 2.87. The Bertz CT molecular complexity index is 600. The van der Waals surface area contributed by atoms with E-state index in [2.05, 4.69) is 25.8 Å². The smallest absolute Gasteiger partial charge is 0.256 e. The molecule has 0 saturated carbocycles. The van der Waals surface area contributed by atoms with E-state index in [-0.39, 0.29) is 11.9 Å². The van der Waals surface area contributed by atoms with Crippen molar-refractivity contribution >= 4 is 22.5 Å². The number of nitrogens with two attached hydrogens (primary N) is 1. The Hall–Kier alpha value is -1.97. The lowest BCUT2D eigenvalue weighted by molar-refractivity contribution is 0.0709. The number of hydrogen-bond donors (Lipinski definition) is 2. The van der Waals surface area contributed by atoms with E-state index >= 15 is 0 Å². The molecule has 1 atom stereocenters. The third-order valence-electron chi connectivity index (χ3n) is 3.83. The molecule has 1 heterocycles. The third kappa shape index (κ3) is 2.43. The molecule has 0 saturated heterocycles. The second-order valence-corrected chi connectivity index (χ2v) is 5.41. The van der Waals surface area contributed by atoms with Crippen LogP contribution in [0.5, 0.6) is 0 Å². The minimum Gasteiger partial charge on any atom is -0.399 e. The lowest BCUT2D eigenvalue weighted by Gasteiger charge is -2.27. The van der Waals surface area contributed by atoms with Crippen LogP contribution < -0.4 is 5.73 Å². The molecule has 102 valence electrons. The van der Waals surface area contributed by atoms with Gasteiger partial charge in [-0.15, -0.1) is 0 Å². The van der Waals surface area contributed by atoms with E-state index in [0.717, 1.165) is 10.9 Å². The fourth-order valence-corrected chi connectivity index (χ4v) is 2.14. The lowest BCUT2D eigenvalue weighted by Crippen LogP contribution is -2.38. The van der Waals surface area contributed by atoms with Crippen molar-refractivity contribution in [2.75, 3.05) is 12.8 Å². The van der Waals surface area contributed by atoms with E-state index in [1.807, 2.05) is 25.2 Å². The highest BCUT2D eigenvalue weighted by atomic mass is 16.2. The maximum Gasteiger partial charge on any atom is 0.256 e. The first-order valence-corrected chi connectivity index (χ1v) is 6.55. The molecule has 0 radical (unpaired) electrons. The topological polar surface area (TPSA) is 62.1 Å². The van der Waals surface area contributed by atoms with Crippen LogP contribution in [0, 0.1) is 5.92 Å².